The van der Waals surface area contributed by atoms with Gasteiger partial charge in [0.15, 0.2) is 5.78 Å². The number of carbonyl (C=O) groups is 1. The van der Waals surface area contributed by atoms with E-state index in [-0.39, 0.29) is 11.3 Å². The van der Waals surface area contributed by atoms with Gasteiger partial charge in [0.1, 0.15) is 0 Å². The predicted octanol–water partition coefficient (Wildman–Crippen LogP) is 1.40. The van der Waals surface area contributed by atoms with Crippen LogP contribution >= 0.6 is 0 Å². The minimum absolute atomic E-state index is 0.0434. The number of hydrogen-bond donors (Lipinski definition) is 0. The Morgan fingerprint density at radius 3 is 2.88 bits per heavy atom. The highest BCUT2D eigenvalue weighted by atomic mass is 16.5. The van der Waals surface area contributed by atoms with E-state index in [1.165, 1.54) is 6.07 Å². The van der Waals surface area contributed by atoms with Crippen molar-refractivity contribution in [2.45, 2.75) is 32.7 Å². The minimum Gasteiger partial charge on any atom is -0.380 e. The summed E-state index contributed by atoms with van der Waals surface area (Å²) >= 11 is 0. The van der Waals surface area contributed by atoms with Crippen LogP contribution in [0.4, 0.5) is 0 Å². The van der Waals surface area contributed by atoms with Crippen molar-refractivity contribution in [2.75, 3.05) is 13.2 Å². The third-order valence-corrected chi connectivity index (χ3v) is 3.08. The summed E-state index contributed by atoms with van der Waals surface area (Å²) < 4.78 is 6.95. The molecule has 1 aliphatic rings. The fourth-order valence-corrected chi connectivity index (χ4v) is 2.24. The Bertz CT molecular complexity index is 476. The molecule has 4 heteroatoms. The Hall–Kier alpha value is -1.42. The number of rotatable bonds is 4. The Balaban J connectivity index is 2.33. The van der Waals surface area contributed by atoms with Gasteiger partial charge in [0, 0.05) is 36.9 Å². The van der Waals surface area contributed by atoms with Crippen LogP contribution in [0.1, 0.15) is 35.8 Å². The van der Waals surface area contributed by atoms with Crippen molar-refractivity contribution in [1.82, 2.24) is 4.57 Å². The fraction of sp³-hybridized carbons (Fsp3) is 0.538. The van der Waals surface area contributed by atoms with Crippen LogP contribution in [-0.4, -0.2) is 23.6 Å². The van der Waals surface area contributed by atoms with Crippen LogP contribution in [0.25, 0.3) is 0 Å². The molecule has 4 nitrogen and oxygen atoms in total. The molecule has 1 heterocycles. The number of fused-ring (bicyclic) bond motifs is 1. The van der Waals surface area contributed by atoms with Gasteiger partial charge in [-0.2, -0.15) is 0 Å². The Morgan fingerprint density at radius 2 is 2.12 bits per heavy atom. The fourth-order valence-electron chi connectivity index (χ4n) is 2.24. The lowest BCUT2D eigenvalue weighted by atomic mass is 9.94. The molecule has 92 valence electrons. The first-order valence-corrected chi connectivity index (χ1v) is 6.07. The Labute approximate surface area is 100 Å². The number of hydrogen-bond acceptors (Lipinski definition) is 3. The van der Waals surface area contributed by atoms with Gasteiger partial charge < -0.3 is 9.30 Å². The molecular formula is C13H17NO3. The third-order valence-electron chi connectivity index (χ3n) is 3.08. The number of ketones is 1. The molecule has 0 saturated heterocycles. The molecule has 17 heavy (non-hydrogen) atoms. The minimum atomic E-state index is -0.0434. The maximum atomic E-state index is 11.8. The molecule has 0 radical (unpaired) electrons. The monoisotopic (exact) mass is 235 g/mol. The van der Waals surface area contributed by atoms with E-state index in [0.717, 1.165) is 18.5 Å². The zero-order valence-electron chi connectivity index (χ0n) is 10.1. The van der Waals surface area contributed by atoms with E-state index in [4.69, 9.17) is 4.74 Å². The van der Waals surface area contributed by atoms with Gasteiger partial charge in [-0.1, -0.05) is 0 Å². The molecule has 0 aromatic carbocycles. The zero-order valence-corrected chi connectivity index (χ0v) is 10.1. The summed E-state index contributed by atoms with van der Waals surface area (Å²) in [5.41, 5.74) is 1.55. The van der Waals surface area contributed by atoms with Crippen molar-refractivity contribution in [2.24, 2.45) is 0 Å². The normalized spacial score (nSPS) is 14.8. The second kappa shape index (κ2) is 5.27. The van der Waals surface area contributed by atoms with Gasteiger partial charge in [-0.3, -0.25) is 9.59 Å². The van der Waals surface area contributed by atoms with E-state index in [1.54, 1.807) is 10.6 Å². The Kier molecular flexibility index (Phi) is 3.74. The highest BCUT2D eigenvalue weighted by molar-refractivity contribution is 5.97. The molecule has 0 aliphatic heterocycles. The number of pyridine rings is 1. The Morgan fingerprint density at radius 1 is 1.29 bits per heavy atom. The van der Waals surface area contributed by atoms with Crippen LogP contribution in [-0.2, 0) is 17.7 Å². The average molecular weight is 235 g/mol. The van der Waals surface area contributed by atoms with Crippen molar-refractivity contribution < 1.29 is 9.53 Å². The maximum Gasteiger partial charge on any atom is 0.250 e. The van der Waals surface area contributed by atoms with Gasteiger partial charge in [0.25, 0.3) is 5.56 Å². The molecule has 0 amide bonds. The second-order valence-electron chi connectivity index (χ2n) is 4.16. The topological polar surface area (TPSA) is 48.3 Å². The number of aromatic nitrogens is 1. The third kappa shape index (κ3) is 2.47. The summed E-state index contributed by atoms with van der Waals surface area (Å²) in [5.74, 6) is 0.149. The lowest BCUT2D eigenvalue weighted by Crippen LogP contribution is -2.29. The molecule has 1 aromatic heterocycles. The summed E-state index contributed by atoms with van der Waals surface area (Å²) in [6.07, 6.45) is 2.24. The first-order valence-electron chi connectivity index (χ1n) is 6.07. The van der Waals surface area contributed by atoms with Crippen LogP contribution in [0.3, 0.4) is 0 Å². The van der Waals surface area contributed by atoms with Crippen LogP contribution in [0.2, 0.25) is 0 Å². The zero-order chi connectivity index (χ0) is 12.3. The van der Waals surface area contributed by atoms with E-state index in [9.17, 15) is 9.59 Å². The van der Waals surface area contributed by atoms with Gasteiger partial charge >= 0.3 is 0 Å². The van der Waals surface area contributed by atoms with E-state index in [1.807, 2.05) is 6.92 Å². The standard InChI is InChI=1S/C13H17NO3/c1-2-17-9-8-14-11-4-3-5-12(15)10(11)6-7-13(14)16/h6-7H,2-5,8-9H2,1H3. The van der Waals surface area contributed by atoms with Crippen LogP contribution < -0.4 is 5.56 Å². The molecule has 0 saturated carbocycles. The molecule has 1 aliphatic carbocycles. The number of nitrogens with zero attached hydrogens (tertiary/aromatic N) is 1. The van der Waals surface area contributed by atoms with E-state index in [2.05, 4.69) is 0 Å². The van der Waals surface area contributed by atoms with Gasteiger partial charge in [-0.15, -0.1) is 0 Å². The highest BCUT2D eigenvalue weighted by Gasteiger charge is 2.20. The summed E-state index contributed by atoms with van der Waals surface area (Å²) in [6.45, 7) is 3.61. The summed E-state index contributed by atoms with van der Waals surface area (Å²) in [6, 6.07) is 3.14. The van der Waals surface area contributed by atoms with Crippen molar-refractivity contribution in [3.63, 3.8) is 0 Å². The van der Waals surface area contributed by atoms with Crippen LogP contribution in [0, 0.1) is 0 Å². The maximum absolute atomic E-state index is 11.8. The molecule has 0 N–H and O–H groups in total. The van der Waals surface area contributed by atoms with E-state index >= 15 is 0 Å². The van der Waals surface area contributed by atoms with Gasteiger partial charge in [0.05, 0.1) is 6.61 Å². The highest BCUT2D eigenvalue weighted by Crippen LogP contribution is 2.19. The first-order chi connectivity index (χ1) is 8.24. The van der Waals surface area contributed by atoms with Crippen molar-refractivity contribution in [3.8, 4) is 0 Å². The smallest absolute Gasteiger partial charge is 0.250 e. The number of carbonyl (C=O) groups excluding carboxylic acids is 1. The molecule has 0 atom stereocenters. The molecular weight excluding hydrogens is 218 g/mol. The predicted molar refractivity (Wildman–Crippen MR) is 64.5 cm³/mol. The van der Waals surface area contributed by atoms with Crippen molar-refractivity contribution >= 4 is 5.78 Å². The molecule has 0 bridgehead atoms. The van der Waals surface area contributed by atoms with Gasteiger partial charge in [-0.25, -0.2) is 0 Å². The van der Waals surface area contributed by atoms with Crippen molar-refractivity contribution in [1.29, 1.82) is 0 Å². The van der Waals surface area contributed by atoms with Crippen LogP contribution in [0.15, 0.2) is 16.9 Å². The molecule has 0 fully saturated rings. The van der Waals surface area contributed by atoms with Gasteiger partial charge in [-0.05, 0) is 25.8 Å². The largest absolute Gasteiger partial charge is 0.380 e. The SMILES string of the molecule is CCOCCn1c2c(ccc1=O)C(=O)CCC2. The molecule has 0 unspecified atom stereocenters. The van der Waals surface area contributed by atoms with Gasteiger partial charge in [0.2, 0.25) is 0 Å². The van der Waals surface area contributed by atoms with E-state index < -0.39 is 0 Å². The molecule has 0 spiro atoms. The summed E-state index contributed by atoms with van der Waals surface area (Å²) in [7, 11) is 0. The summed E-state index contributed by atoms with van der Waals surface area (Å²) in [5, 5.41) is 0. The average Bonchev–Trinajstić information content (AvgIpc) is 2.32. The lowest BCUT2D eigenvalue weighted by molar-refractivity contribution is 0.0968. The first kappa shape index (κ1) is 12.0. The number of ether oxygens (including phenoxy) is 1. The quantitative estimate of drug-likeness (QED) is 0.741. The molecule has 1 aromatic rings. The number of Topliss-reactive ketones (excluding diaryl/α,β-unsaturated/α-hetero) is 1. The van der Waals surface area contributed by atoms with Crippen molar-refractivity contribution in [3.05, 3.63) is 33.7 Å². The molecule has 2 rings (SSSR count). The second-order valence-corrected chi connectivity index (χ2v) is 4.16. The van der Waals surface area contributed by atoms with E-state index in [0.29, 0.717) is 31.7 Å². The summed E-state index contributed by atoms with van der Waals surface area (Å²) in [4.78, 5) is 23.5. The van der Waals surface area contributed by atoms with Crippen LogP contribution in [0.5, 0.6) is 0 Å². The lowest BCUT2D eigenvalue weighted by Gasteiger charge is -2.19.